The summed E-state index contributed by atoms with van der Waals surface area (Å²) in [6.07, 6.45) is 8.27. The van der Waals surface area contributed by atoms with Gasteiger partial charge in [-0.25, -0.2) is 4.68 Å². The first kappa shape index (κ1) is 20.0. The molecule has 1 aliphatic heterocycles. The lowest BCUT2D eigenvalue weighted by molar-refractivity contribution is -0.142. The highest BCUT2D eigenvalue weighted by molar-refractivity contribution is 6.08. The summed E-state index contributed by atoms with van der Waals surface area (Å²) in [4.78, 5) is 39.5. The first-order valence-corrected chi connectivity index (χ1v) is 11.3. The van der Waals surface area contributed by atoms with Gasteiger partial charge in [-0.1, -0.05) is 37.1 Å². The molecule has 5 rings (SSSR count). The molecule has 1 saturated heterocycles. The van der Waals surface area contributed by atoms with E-state index in [1.54, 1.807) is 6.20 Å². The number of benzene rings is 1. The number of nitrogens with one attached hydrogen (secondary N) is 1. The van der Waals surface area contributed by atoms with Gasteiger partial charge in [0.25, 0.3) is 0 Å². The molecule has 2 heterocycles. The highest BCUT2D eigenvalue weighted by Gasteiger charge is 2.48. The molecule has 1 aromatic heterocycles. The molecule has 7 nitrogen and oxygen atoms in total. The molecular formula is C24H28N4O3. The number of imide groups is 1. The zero-order valence-electron chi connectivity index (χ0n) is 17.8. The van der Waals surface area contributed by atoms with E-state index < -0.39 is 0 Å². The Labute approximate surface area is 181 Å². The number of hydrogen-bond acceptors (Lipinski definition) is 4. The predicted molar refractivity (Wildman–Crippen MR) is 115 cm³/mol. The molecule has 1 N–H and O–H groups in total. The van der Waals surface area contributed by atoms with E-state index in [2.05, 4.69) is 28.6 Å². The number of amides is 3. The summed E-state index contributed by atoms with van der Waals surface area (Å²) in [5.41, 5.74) is 3.42. The van der Waals surface area contributed by atoms with Gasteiger partial charge in [0.05, 0.1) is 24.1 Å². The van der Waals surface area contributed by atoms with Crippen molar-refractivity contribution in [3.8, 4) is 0 Å². The minimum Gasteiger partial charge on any atom is -0.309 e. The second kappa shape index (κ2) is 7.94. The van der Waals surface area contributed by atoms with E-state index in [9.17, 15) is 14.4 Å². The fourth-order valence-corrected chi connectivity index (χ4v) is 5.52. The van der Waals surface area contributed by atoms with Crippen LogP contribution in [0.15, 0.2) is 30.5 Å². The molecule has 3 atom stereocenters. The van der Waals surface area contributed by atoms with E-state index in [-0.39, 0.29) is 42.1 Å². The van der Waals surface area contributed by atoms with Gasteiger partial charge in [0.15, 0.2) is 0 Å². The molecule has 3 amide bonds. The number of carbonyl (C=O) groups is 3. The Morgan fingerprint density at radius 3 is 2.52 bits per heavy atom. The van der Waals surface area contributed by atoms with E-state index >= 15 is 0 Å². The summed E-state index contributed by atoms with van der Waals surface area (Å²) in [5.74, 6) is -0.551. The first-order valence-electron chi connectivity index (χ1n) is 11.3. The average Bonchev–Trinajstić information content (AvgIpc) is 3.26. The molecule has 162 valence electrons. The van der Waals surface area contributed by atoms with Gasteiger partial charge in [-0.3, -0.25) is 19.3 Å². The smallest absolute Gasteiger partial charge is 0.245 e. The molecule has 1 saturated carbocycles. The fraction of sp³-hybridized carbons (Fsp3) is 0.500. The lowest BCUT2D eigenvalue weighted by Gasteiger charge is -2.27. The number of likely N-dealkylation sites (tertiary alicyclic amines) is 1. The zero-order chi connectivity index (χ0) is 21.5. The molecule has 31 heavy (non-hydrogen) atoms. The first-order chi connectivity index (χ1) is 15.0. The van der Waals surface area contributed by atoms with Crippen molar-refractivity contribution in [1.82, 2.24) is 14.7 Å². The van der Waals surface area contributed by atoms with Crippen molar-refractivity contribution in [2.75, 3.05) is 11.9 Å². The molecule has 2 aromatic rings. The van der Waals surface area contributed by atoms with Crippen molar-refractivity contribution in [3.63, 3.8) is 0 Å². The molecule has 1 aromatic carbocycles. The highest BCUT2D eigenvalue weighted by atomic mass is 16.2. The third-order valence-electron chi connectivity index (χ3n) is 7.10. The molecule has 2 aliphatic carbocycles. The quantitative estimate of drug-likeness (QED) is 0.770. The molecule has 3 unspecified atom stereocenters. The lowest BCUT2D eigenvalue weighted by Crippen LogP contribution is -2.38. The Kier molecular flexibility index (Phi) is 5.12. The zero-order valence-corrected chi connectivity index (χ0v) is 17.8. The van der Waals surface area contributed by atoms with Crippen LogP contribution in [0.5, 0.6) is 0 Å². The maximum absolute atomic E-state index is 12.9. The van der Waals surface area contributed by atoms with Crippen LogP contribution in [0.25, 0.3) is 0 Å². The maximum Gasteiger partial charge on any atom is 0.245 e. The summed E-state index contributed by atoms with van der Waals surface area (Å²) < 4.78 is 1.89. The van der Waals surface area contributed by atoms with Crippen LogP contribution < -0.4 is 5.32 Å². The Hall–Kier alpha value is -2.96. The van der Waals surface area contributed by atoms with Crippen molar-refractivity contribution in [2.45, 2.75) is 57.9 Å². The minimum atomic E-state index is -0.353. The van der Waals surface area contributed by atoms with Gasteiger partial charge in [-0.2, -0.15) is 5.10 Å². The number of rotatable bonds is 4. The summed E-state index contributed by atoms with van der Waals surface area (Å²) in [6.45, 7) is 1.69. The number of aryl methyl sites for hydroxylation is 2. The Morgan fingerprint density at radius 2 is 1.77 bits per heavy atom. The monoisotopic (exact) mass is 420 g/mol. The van der Waals surface area contributed by atoms with Crippen LogP contribution in [-0.2, 0) is 20.8 Å². The normalized spacial score (nSPS) is 25.3. The maximum atomic E-state index is 12.9. The number of aromatic nitrogens is 2. The standard InChI is InChI=1S/C24H28N4O3/c1-15-13-25-28(20-12-6-8-16-7-2-3-9-17(16)20)22(15)26-21(29)14-27-23(30)18-10-4-5-11-19(18)24(27)31/h2-3,7,9,13,18-20H,4-6,8,10-12,14H2,1H3,(H,26,29). The summed E-state index contributed by atoms with van der Waals surface area (Å²) >= 11 is 0. The third kappa shape index (κ3) is 3.46. The van der Waals surface area contributed by atoms with Gasteiger partial charge < -0.3 is 5.32 Å². The number of nitrogens with zero attached hydrogens (tertiary/aromatic N) is 3. The Bertz CT molecular complexity index is 1020. The number of hydrogen-bond donors (Lipinski definition) is 1. The van der Waals surface area contributed by atoms with Crippen LogP contribution in [0.1, 0.15) is 61.3 Å². The molecule has 2 fully saturated rings. The molecule has 3 aliphatic rings. The van der Waals surface area contributed by atoms with E-state index in [4.69, 9.17) is 0 Å². The van der Waals surface area contributed by atoms with Crippen LogP contribution in [0.2, 0.25) is 0 Å². The van der Waals surface area contributed by atoms with Gasteiger partial charge in [0.1, 0.15) is 12.4 Å². The molecular weight excluding hydrogens is 392 g/mol. The van der Waals surface area contributed by atoms with Crippen LogP contribution in [0.3, 0.4) is 0 Å². The average molecular weight is 421 g/mol. The lowest BCUT2D eigenvalue weighted by atomic mass is 9.81. The molecule has 0 spiro atoms. The largest absolute Gasteiger partial charge is 0.309 e. The van der Waals surface area contributed by atoms with Crippen molar-refractivity contribution in [3.05, 3.63) is 47.2 Å². The van der Waals surface area contributed by atoms with Gasteiger partial charge >= 0.3 is 0 Å². The van der Waals surface area contributed by atoms with Gasteiger partial charge in [0, 0.05) is 5.56 Å². The van der Waals surface area contributed by atoms with Crippen LogP contribution >= 0.6 is 0 Å². The van der Waals surface area contributed by atoms with E-state index in [0.29, 0.717) is 5.82 Å². The summed E-state index contributed by atoms with van der Waals surface area (Å²) in [5, 5.41) is 7.52. The van der Waals surface area contributed by atoms with E-state index in [1.807, 2.05) is 17.7 Å². The van der Waals surface area contributed by atoms with E-state index in [0.717, 1.165) is 50.5 Å². The predicted octanol–water partition coefficient (Wildman–Crippen LogP) is 3.23. The Balaban J connectivity index is 1.35. The molecule has 7 heteroatoms. The Morgan fingerprint density at radius 1 is 1.06 bits per heavy atom. The second-order valence-electron chi connectivity index (χ2n) is 9.04. The van der Waals surface area contributed by atoms with Crippen LogP contribution in [0.4, 0.5) is 5.82 Å². The number of anilines is 1. The topological polar surface area (TPSA) is 84.3 Å². The molecule has 0 radical (unpaired) electrons. The summed E-state index contributed by atoms with van der Waals surface area (Å²) in [6, 6.07) is 8.44. The molecule has 0 bridgehead atoms. The van der Waals surface area contributed by atoms with Crippen molar-refractivity contribution in [2.24, 2.45) is 11.8 Å². The van der Waals surface area contributed by atoms with Crippen molar-refractivity contribution >= 4 is 23.5 Å². The van der Waals surface area contributed by atoms with Gasteiger partial charge in [-0.05, 0) is 50.2 Å². The number of fused-ring (bicyclic) bond motifs is 2. The minimum absolute atomic E-state index is 0.0619. The van der Waals surface area contributed by atoms with Gasteiger partial charge in [0.2, 0.25) is 17.7 Å². The van der Waals surface area contributed by atoms with Crippen molar-refractivity contribution < 1.29 is 14.4 Å². The fourth-order valence-electron chi connectivity index (χ4n) is 5.52. The SMILES string of the molecule is Cc1cnn(C2CCCc3ccccc32)c1NC(=O)CN1C(=O)C2CCCCC2C1=O. The van der Waals surface area contributed by atoms with Crippen LogP contribution in [0, 0.1) is 18.8 Å². The second-order valence-corrected chi connectivity index (χ2v) is 9.04. The third-order valence-corrected chi connectivity index (χ3v) is 7.10. The van der Waals surface area contributed by atoms with E-state index in [1.165, 1.54) is 16.0 Å². The van der Waals surface area contributed by atoms with Crippen LogP contribution in [-0.4, -0.2) is 38.9 Å². The number of carbonyl (C=O) groups excluding carboxylic acids is 3. The van der Waals surface area contributed by atoms with Crippen molar-refractivity contribution in [1.29, 1.82) is 0 Å². The van der Waals surface area contributed by atoms with Gasteiger partial charge in [-0.15, -0.1) is 0 Å². The highest BCUT2D eigenvalue weighted by Crippen LogP contribution is 2.38. The summed E-state index contributed by atoms with van der Waals surface area (Å²) in [7, 11) is 0.